The zero-order valence-electron chi connectivity index (χ0n) is 14.3. The molecule has 134 valence electrons. The van der Waals surface area contributed by atoms with E-state index in [1.54, 1.807) is 33.3 Å². The third kappa shape index (κ3) is 2.70. The molecular formula is C17H17N5O3S. The van der Waals surface area contributed by atoms with Crippen molar-refractivity contribution in [3.05, 3.63) is 41.2 Å². The Morgan fingerprint density at radius 3 is 3.12 bits per heavy atom. The van der Waals surface area contributed by atoms with Gasteiger partial charge in [0.1, 0.15) is 16.6 Å². The first kappa shape index (κ1) is 16.5. The Morgan fingerprint density at radius 1 is 1.46 bits per heavy atom. The molecule has 1 unspecified atom stereocenters. The van der Waals surface area contributed by atoms with Crippen molar-refractivity contribution in [2.24, 2.45) is 0 Å². The fourth-order valence-electron chi connectivity index (χ4n) is 3.11. The van der Waals surface area contributed by atoms with Crippen LogP contribution >= 0.6 is 11.3 Å². The molecule has 0 aliphatic carbocycles. The molecule has 3 aromatic heterocycles. The van der Waals surface area contributed by atoms with Gasteiger partial charge in [-0.15, -0.1) is 11.3 Å². The molecule has 0 bridgehead atoms. The molecule has 0 radical (unpaired) electrons. The summed E-state index contributed by atoms with van der Waals surface area (Å²) in [7, 11) is 1.33. The number of aryl methyl sites for hydroxylation is 1. The summed E-state index contributed by atoms with van der Waals surface area (Å²) in [5.41, 5.74) is 2.11. The van der Waals surface area contributed by atoms with Crippen LogP contribution < -0.4 is 10.2 Å². The Labute approximate surface area is 153 Å². The molecule has 4 heterocycles. The predicted octanol–water partition coefficient (Wildman–Crippen LogP) is 2.10. The number of anilines is 2. The standard InChI is InChI=1S/C17H17N5O3S/c1-10-9-13-14(18-5-7-22(13)20-10)19-12-3-6-21(15(12)23)16-11(4-8-26-16)17(24)25-2/h4-5,7-9,12H,3,6H2,1-2H3,(H,18,19). The Kier molecular flexibility index (Phi) is 4.08. The molecule has 1 N–H and O–H groups in total. The van der Waals surface area contributed by atoms with E-state index in [0.29, 0.717) is 29.3 Å². The summed E-state index contributed by atoms with van der Waals surface area (Å²) in [6.45, 7) is 2.44. The number of aromatic nitrogens is 3. The molecule has 1 fully saturated rings. The Hall–Kier alpha value is -2.94. The van der Waals surface area contributed by atoms with Crippen molar-refractivity contribution in [2.45, 2.75) is 19.4 Å². The second-order valence-electron chi connectivity index (χ2n) is 6.00. The van der Waals surface area contributed by atoms with E-state index < -0.39 is 12.0 Å². The van der Waals surface area contributed by atoms with E-state index in [0.717, 1.165) is 11.2 Å². The van der Waals surface area contributed by atoms with Gasteiger partial charge in [-0.3, -0.25) is 4.79 Å². The van der Waals surface area contributed by atoms with Gasteiger partial charge >= 0.3 is 5.97 Å². The Balaban J connectivity index is 1.58. The second kappa shape index (κ2) is 6.41. The van der Waals surface area contributed by atoms with E-state index in [1.165, 1.54) is 18.4 Å². The van der Waals surface area contributed by atoms with Crippen LogP contribution in [0, 0.1) is 6.92 Å². The van der Waals surface area contributed by atoms with Crippen LogP contribution in [0.25, 0.3) is 5.52 Å². The van der Waals surface area contributed by atoms with Gasteiger partial charge < -0.3 is 15.0 Å². The molecule has 1 aliphatic heterocycles. The molecule has 3 aromatic rings. The minimum atomic E-state index is -0.438. The summed E-state index contributed by atoms with van der Waals surface area (Å²) in [5, 5.41) is 9.99. The van der Waals surface area contributed by atoms with Gasteiger partial charge in [-0.05, 0) is 30.9 Å². The van der Waals surface area contributed by atoms with Crippen molar-refractivity contribution in [1.29, 1.82) is 0 Å². The van der Waals surface area contributed by atoms with Crippen LogP contribution in [0.2, 0.25) is 0 Å². The number of rotatable bonds is 4. The van der Waals surface area contributed by atoms with Gasteiger partial charge in [0, 0.05) is 18.9 Å². The second-order valence-corrected chi connectivity index (χ2v) is 6.89. The third-order valence-corrected chi connectivity index (χ3v) is 5.26. The number of ether oxygens (including phenoxy) is 1. The molecule has 1 saturated heterocycles. The van der Waals surface area contributed by atoms with Gasteiger partial charge in [0.05, 0.1) is 18.4 Å². The Bertz CT molecular complexity index is 995. The van der Waals surface area contributed by atoms with Gasteiger partial charge in [0.15, 0.2) is 5.82 Å². The molecular weight excluding hydrogens is 354 g/mol. The van der Waals surface area contributed by atoms with Crippen LogP contribution in [0.3, 0.4) is 0 Å². The Morgan fingerprint density at radius 2 is 2.31 bits per heavy atom. The summed E-state index contributed by atoms with van der Waals surface area (Å²) in [4.78, 5) is 30.8. The van der Waals surface area contributed by atoms with Crippen LogP contribution in [-0.4, -0.2) is 46.2 Å². The van der Waals surface area contributed by atoms with E-state index in [4.69, 9.17) is 4.74 Å². The van der Waals surface area contributed by atoms with E-state index in [2.05, 4.69) is 15.4 Å². The van der Waals surface area contributed by atoms with Crippen molar-refractivity contribution in [1.82, 2.24) is 14.6 Å². The van der Waals surface area contributed by atoms with Crippen molar-refractivity contribution in [2.75, 3.05) is 23.9 Å². The summed E-state index contributed by atoms with van der Waals surface area (Å²) in [6.07, 6.45) is 4.03. The number of carbonyl (C=O) groups is 2. The molecule has 26 heavy (non-hydrogen) atoms. The largest absolute Gasteiger partial charge is 0.465 e. The normalized spacial score (nSPS) is 17.1. The monoisotopic (exact) mass is 371 g/mol. The van der Waals surface area contributed by atoms with Gasteiger partial charge in [0.2, 0.25) is 5.91 Å². The molecule has 1 aliphatic rings. The average molecular weight is 371 g/mol. The highest BCUT2D eigenvalue weighted by atomic mass is 32.1. The van der Waals surface area contributed by atoms with E-state index in [-0.39, 0.29) is 5.91 Å². The van der Waals surface area contributed by atoms with Crippen LogP contribution in [0.5, 0.6) is 0 Å². The van der Waals surface area contributed by atoms with Gasteiger partial charge in [-0.25, -0.2) is 14.3 Å². The third-order valence-electron chi connectivity index (χ3n) is 4.32. The predicted molar refractivity (Wildman–Crippen MR) is 97.8 cm³/mol. The number of nitrogens with zero attached hydrogens (tertiary/aromatic N) is 4. The number of esters is 1. The lowest BCUT2D eigenvalue weighted by molar-refractivity contribution is -0.117. The number of methoxy groups -OCH3 is 1. The molecule has 9 heteroatoms. The first-order valence-electron chi connectivity index (χ1n) is 8.13. The fraction of sp³-hybridized carbons (Fsp3) is 0.294. The SMILES string of the molecule is COC(=O)c1ccsc1N1CCC(Nc2nccn3nc(C)cc23)C1=O. The first-order chi connectivity index (χ1) is 12.6. The van der Waals surface area contributed by atoms with E-state index >= 15 is 0 Å². The average Bonchev–Trinajstić information content (AvgIpc) is 3.33. The van der Waals surface area contributed by atoms with E-state index in [9.17, 15) is 9.59 Å². The molecule has 1 amide bonds. The van der Waals surface area contributed by atoms with Crippen LogP contribution in [0.1, 0.15) is 22.5 Å². The van der Waals surface area contributed by atoms with Gasteiger partial charge in [-0.2, -0.15) is 5.10 Å². The summed E-state index contributed by atoms with van der Waals surface area (Å²) in [5.74, 6) is 0.0944. The highest BCUT2D eigenvalue weighted by Crippen LogP contribution is 2.32. The molecule has 0 saturated carbocycles. The van der Waals surface area contributed by atoms with Crippen LogP contribution in [0.15, 0.2) is 29.9 Å². The van der Waals surface area contributed by atoms with Crippen LogP contribution in [0.4, 0.5) is 10.8 Å². The summed E-state index contributed by atoms with van der Waals surface area (Å²) in [6, 6.07) is 3.19. The number of fused-ring (bicyclic) bond motifs is 1. The smallest absolute Gasteiger partial charge is 0.340 e. The number of hydrogen-bond acceptors (Lipinski definition) is 7. The number of amides is 1. The quantitative estimate of drug-likeness (QED) is 0.707. The number of hydrogen-bond donors (Lipinski definition) is 1. The van der Waals surface area contributed by atoms with Gasteiger partial charge in [0.25, 0.3) is 0 Å². The minimum Gasteiger partial charge on any atom is -0.465 e. The highest BCUT2D eigenvalue weighted by Gasteiger charge is 2.35. The molecule has 0 aromatic carbocycles. The van der Waals surface area contributed by atoms with Gasteiger partial charge in [-0.1, -0.05) is 0 Å². The zero-order valence-corrected chi connectivity index (χ0v) is 15.1. The number of nitrogens with one attached hydrogen (secondary N) is 1. The molecule has 1 atom stereocenters. The summed E-state index contributed by atoms with van der Waals surface area (Å²) >= 11 is 1.36. The molecule has 8 nitrogen and oxygen atoms in total. The van der Waals surface area contributed by atoms with E-state index in [1.807, 2.05) is 13.0 Å². The fourth-order valence-corrected chi connectivity index (χ4v) is 4.03. The molecule has 4 rings (SSSR count). The topological polar surface area (TPSA) is 88.8 Å². The molecule has 0 spiro atoms. The zero-order chi connectivity index (χ0) is 18.3. The maximum absolute atomic E-state index is 12.9. The first-order valence-corrected chi connectivity index (χ1v) is 9.01. The van der Waals surface area contributed by atoms with Crippen molar-refractivity contribution in [3.8, 4) is 0 Å². The van der Waals surface area contributed by atoms with Crippen molar-refractivity contribution in [3.63, 3.8) is 0 Å². The lowest BCUT2D eigenvalue weighted by Crippen LogP contribution is -2.34. The highest BCUT2D eigenvalue weighted by molar-refractivity contribution is 7.14. The summed E-state index contributed by atoms with van der Waals surface area (Å²) < 4.78 is 6.53. The number of carbonyl (C=O) groups excluding carboxylic acids is 2. The maximum atomic E-state index is 12.9. The lowest BCUT2D eigenvalue weighted by Gasteiger charge is -2.17. The maximum Gasteiger partial charge on any atom is 0.340 e. The minimum absolute atomic E-state index is 0.0855. The van der Waals surface area contributed by atoms with Crippen LogP contribution in [-0.2, 0) is 9.53 Å². The van der Waals surface area contributed by atoms with Crippen molar-refractivity contribution >= 4 is 39.5 Å². The number of thiophene rings is 1. The van der Waals surface area contributed by atoms with Crippen molar-refractivity contribution < 1.29 is 14.3 Å². The lowest BCUT2D eigenvalue weighted by atomic mass is 10.2.